The summed E-state index contributed by atoms with van der Waals surface area (Å²) in [5, 5.41) is 3.52. The minimum atomic E-state index is -3.55. The second-order valence-corrected chi connectivity index (χ2v) is 12.1. The molecule has 0 bridgehead atoms. The Labute approximate surface area is 211 Å². The van der Waals surface area contributed by atoms with Crippen molar-refractivity contribution in [1.82, 2.24) is 9.21 Å². The van der Waals surface area contributed by atoms with Gasteiger partial charge in [0.15, 0.2) is 0 Å². The van der Waals surface area contributed by atoms with Crippen LogP contribution in [0, 0.1) is 6.92 Å². The third kappa shape index (κ3) is 5.94. The van der Waals surface area contributed by atoms with Crippen LogP contribution in [0.25, 0.3) is 0 Å². The quantitative estimate of drug-likeness (QED) is 0.445. The Morgan fingerprint density at radius 2 is 1.71 bits per heavy atom. The zero-order chi connectivity index (χ0) is 25.0. The van der Waals surface area contributed by atoms with Crippen molar-refractivity contribution in [2.75, 3.05) is 44.6 Å². The molecule has 10 heteroatoms. The molecule has 1 aromatic carbocycles. The highest BCUT2D eigenvalue weighted by molar-refractivity contribution is 7.89. The van der Waals surface area contributed by atoms with Crippen molar-refractivity contribution in [2.24, 2.45) is 0 Å². The second kappa shape index (κ2) is 11.2. The number of hydrogen-bond acceptors (Lipinski definition) is 7. The first-order chi connectivity index (χ1) is 16.8. The Bertz CT molecular complexity index is 1170. The van der Waals surface area contributed by atoms with Crippen molar-refractivity contribution in [2.45, 2.75) is 50.8 Å². The van der Waals surface area contributed by atoms with Crippen LogP contribution in [0.2, 0.25) is 0 Å². The summed E-state index contributed by atoms with van der Waals surface area (Å²) in [6.45, 7) is 5.70. The number of nitrogens with one attached hydrogen (secondary N) is 1. The number of nitrogens with zero attached hydrogens (tertiary/aromatic N) is 2. The van der Waals surface area contributed by atoms with Gasteiger partial charge in [0, 0.05) is 31.1 Å². The lowest BCUT2D eigenvalue weighted by Gasteiger charge is -2.33. The fourth-order valence-corrected chi connectivity index (χ4v) is 7.32. The maximum absolute atomic E-state index is 12.9. The predicted molar refractivity (Wildman–Crippen MR) is 137 cm³/mol. The number of anilines is 1. The number of amides is 1. The molecule has 2 aliphatic rings. The number of carbonyl (C=O) groups excluding carboxylic acids is 2. The van der Waals surface area contributed by atoms with E-state index in [0.717, 1.165) is 48.1 Å². The fourth-order valence-electron chi connectivity index (χ4n) is 4.61. The second-order valence-electron chi connectivity index (χ2n) is 9.03. The van der Waals surface area contributed by atoms with Crippen LogP contribution in [0.5, 0.6) is 0 Å². The van der Waals surface area contributed by atoms with E-state index in [4.69, 9.17) is 4.74 Å². The van der Waals surface area contributed by atoms with Crippen LogP contribution < -0.4 is 5.32 Å². The van der Waals surface area contributed by atoms with Crippen molar-refractivity contribution in [1.29, 1.82) is 0 Å². The monoisotopic (exact) mass is 519 g/mol. The van der Waals surface area contributed by atoms with E-state index in [1.165, 1.54) is 15.6 Å². The summed E-state index contributed by atoms with van der Waals surface area (Å²) >= 11 is 1.48. The number of sulfonamides is 1. The highest BCUT2D eigenvalue weighted by Crippen LogP contribution is 2.38. The standard InChI is InChI=1S/C25H33N3O5S2/c1-3-33-25(30)23-20-7-5-4-6-8-21(20)34-24(23)26-22(29)17-27-13-15-28(16-14-27)35(31,32)19-11-9-18(2)10-12-19/h9-12H,3-8,13-17H2,1-2H3,(H,26,29). The number of piperazine rings is 1. The Morgan fingerprint density at radius 1 is 1.03 bits per heavy atom. The van der Waals surface area contributed by atoms with Gasteiger partial charge < -0.3 is 10.1 Å². The molecule has 0 saturated carbocycles. The van der Waals surface area contributed by atoms with Gasteiger partial charge in [-0.3, -0.25) is 9.69 Å². The lowest BCUT2D eigenvalue weighted by Crippen LogP contribution is -2.50. The number of aryl methyl sites for hydroxylation is 2. The molecule has 8 nitrogen and oxygen atoms in total. The molecule has 0 radical (unpaired) electrons. The first-order valence-electron chi connectivity index (χ1n) is 12.2. The fraction of sp³-hybridized carbons (Fsp3) is 0.520. The van der Waals surface area contributed by atoms with E-state index in [1.54, 1.807) is 31.2 Å². The molecule has 0 spiro atoms. The molecule has 1 saturated heterocycles. The molecule has 1 fully saturated rings. The SMILES string of the molecule is CCOC(=O)c1c(NC(=O)CN2CCN(S(=O)(=O)c3ccc(C)cc3)CC2)sc2c1CCCCC2. The molecule has 0 unspecified atom stereocenters. The van der Waals surface area contributed by atoms with Gasteiger partial charge in [-0.25, -0.2) is 13.2 Å². The Morgan fingerprint density at radius 3 is 2.40 bits per heavy atom. The summed E-state index contributed by atoms with van der Waals surface area (Å²) in [6.07, 6.45) is 4.99. The number of carbonyl (C=O) groups is 2. The van der Waals surface area contributed by atoms with Gasteiger partial charge in [0.05, 0.1) is 23.6 Å². The van der Waals surface area contributed by atoms with Crippen molar-refractivity contribution in [3.8, 4) is 0 Å². The topological polar surface area (TPSA) is 96.0 Å². The van der Waals surface area contributed by atoms with Crippen LogP contribution >= 0.6 is 11.3 Å². The molecule has 2 heterocycles. The van der Waals surface area contributed by atoms with E-state index in [-0.39, 0.29) is 25.0 Å². The molecule has 1 aliphatic heterocycles. The number of hydrogen-bond donors (Lipinski definition) is 1. The van der Waals surface area contributed by atoms with Crippen LogP contribution in [0.1, 0.15) is 52.5 Å². The molecule has 35 heavy (non-hydrogen) atoms. The molecular weight excluding hydrogens is 486 g/mol. The van der Waals surface area contributed by atoms with Gasteiger partial charge in [-0.15, -0.1) is 11.3 Å². The molecule has 1 amide bonds. The third-order valence-electron chi connectivity index (χ3n) is 6.51. The summed E-state index contributed by atoms with van der Waals surface area (Å²) < 4.78 is 32.6. The molecule has 190 valence electrons. The minimum Gasteiger partial charge on any atom is -0.462 e. The van der Waals surface area contributed by atoms with Gasteiger partial charge >= 0.3 is 5.97 Å². The van der Waals surface area contributed by atoms with Crippen LogP contribution in [0.3, 0.4) is 0 Å². The Balaban J connectivity index is 1.38. The normalized spacial score (nSPS) is 17.4. The van der Waals surface area contributed by atoms with E-state index >= 15 is 0 Å². The van der Waals surface area contributed by atoms with Crippen LogP contribution in [0.15, 0.2) is 29.2 Å². The first kappa shape index (κ1) is 25.8. The number of thiophene rings is 1. The van der Waals surface area contributed by atoms with E-state index in [9.17, 15) is 18.0 Å². The summed E-state index contributed by atoms with van der Waals surface area (Å²) in [7, 11) is -3.55. The van der Waals surface area contributed by atoms with Gasteiger partial charge in [0.25, 0.3) is 0 Å². The molecule has 2 aromatic rings. The maximum atomic E-state index is 12.9. The number of esters is 1. The van der Waals surface area contributed by atoms with Crippen molar-refractivity contribution in [3.63, 3.8) is 0 Å². The smallest absolute Gasteiger partial charge is 0.341 e. The van der Waals surface area contributed by atoms with Crippen LogP contribution in [-0.4, -0.2) is 68.8 Å². The average molecular weight is 520 g/mol. The summed E-state index contributed by atoms with van der Waals surface area (Å²) in [5.74, 6) is -0.584. The average Bonchev–Trinajstić information content (AvgIpc) is 3.00. The molecule has 1 aromatic heterocycles. The third-order valence-corrected chi connectivity index (χ3v) is 9.63. The predicted octanol–water partition coefficient (Wildman–Crippen LogP) is 3.45. The number of rotatable bonds is 7. The number of ether oxygens (including phenoxy) is 1. The van der Waals surface area contributed by atoms with Crippen molar-refractivity contribution >= 4 is 38.2 Å². The number of fused-ring (bicyclic) bond motifs is 1. The van der Waals surface area contributed by atoms with Gasteiger partial charge in [-0.2, -0.15) is 4.31 Å². The first-order valence-corrected chi connectivity index (χ1v) is 14.5. The van der Waals surface area contributed by atoms with Gasteiger partial charge in [0.2, 0.25) is 15.9 Å². The summed E-state index contributed by atoms with van der Waals surface area (Å²) in [6, 6.07) is 6.85. The minimum absolute atomic E-state index is 0.142. The van der Waals surface area contributed by atoms with Gasteiger partial charge in [0.1, 0.15) is 5.00 Å². The molecule has 1 aliphatic carbocycles. The van der Waals surface area contributed by atoms with Crippen LogP contribution in [-0.2, 0) is 32.4 Å². The van der Waals surface area contributed by atoms with Crippen LogP contribution in [0.4, 0.5) is 5.00 Å². The molecule has 4 rings (SSSR count). The van der Waals surface area contributed by atoms with E-state index in [0.29, 0.717) is 41.6 Å². The van der Waals surface area contributed by atoms with Crippen molar-refractivity contribution < 1.29 is 22.7 Å². The highest BCUT2D eigenvalue weighted by atomic mass is 32.2. The zero-order valence-electron chi connectivity index (χ0n) is 20.3. The summed E-state index contributed by atoms with van der Waals surface area (Å²) in [4.78, 5) is 29.0. The summed E-state index contributed by atoms with van der Waals surface area (Å²) in [5.41, 5.74) is 2.54. The molecule has 0 atom stereocenters. The van der Waals surface area contributed by atoms with Gasteiger partial charge in [-0.1, -0.05) is 24.1 Å². The lowest BCUT2D eigenvalue weighted by atomic mass is 10.1. The van der Waals surface area contributed by atoms with Gasteiger partial charge in [-0.05, 0) is 57.2 Å². The number of benzene rings is 1. The van der Waals surface area contributed by atoms with E-state index in [1.807, 2.05) is 11.8 Å². The lowest BCUT2D eigenvalue weighted by molar-refractivity contribution is -0.117. The molecular formula is C25H33N3O5S2. The largest absolute Gasteiger partial charge is 0.462 e. The maximum Gasteiger partial charge on any atom is 0.341 e. The molecule has 1 N–H and O–H groups in total. The Hall–Kier alpha value is -2.27. The zero-order valence-corrected chi connectivity index (χ0v) is 22.0. The van der Waals surface area contributed by atoms with E-state index < -0.39 is 10.0 Å². The van der Waals surface area contributed by atoms with E-state index in [2.05, 4.69) is 5.32 Å². The highest BCUT2D eigenvalue weighted by Gasteiger charge is 2.30. The Kier molecular flexibility index (Phi) is 8.26. The van der Waals surface area contributed by atoms with Crippen molar-refractivity contribution in [3.05, 3.63) is 45.8 Å².